The van der Waals surface area contributed by atoms with E-state index in [1.807, 2.05) is 12.1 Å². The molecule has 0 atom stereocenters. The van der Waals surface area contributed by atoms with Crippen LogP contribution in [0.2, 0.25) is 0 Å². The van der Waals surface area contributed by atoms with E-state index in [-0.39, 0.29) is 11.2 Å². The van der Waals surface area contributed by atoms with E-state index in [0.717, 1.165) is 25.7 Å². The third-order valence-electron chi connectivity index (χ3n) is 8.45. The predicted octanol–water partition coefficient (Wildman–Crippen LogP) is 8.14. The zero-order chi connectivity index (χ0) is 25.8. The Balaban J connectivity index is 1.49. The Labute approximate surface area is 219 Å². The van der Waals surface area contributed by atoms with Crippen LogP contribution in [-0.2, 0) is 10.3 Å². The van der Waals surface area contributed by atoms with Crippen LogP contribution in [0.4, 0.5) is 0 Å². The van der Waals surface area contributed by atoms with Gasteiger partial charge in [-0.25, -0.2) is 4.79 Å². The number of rotatable bonds is 8. The first-order valence-electron chi connectivity index (χ1n) is 13.7. The molecule has 0 unspecified atom stereocenters. The summed E-state index contributed by atoms with van der Waals surface area (Å²) in [6, 6.07) is 23.4. The lowest BCUT2D eigenvalue weighted by atomic mass is 9.73. The molecular weight excluding hydrogens is 458 g/mol. The molecule has 2 aliphatic rings. The van der Waals surface area contributed by atoms with E-state index in [9.17, 15) is 9.59 Å². The van der Waals surface area contributed by atoms with Crippen molar-refractivity contribution in [2.75, 3.05) is 0 Å². The fourth-order valence-electron chi connectivity index (χ4n) is 6.33. The third kappa shape index (κ3) is 4.77. The number of hydrogen-bond donors (Lipinski definition) is 0. The highest BCUT2D eigenvalue weighted by atomic mass is 16.7. The number of benzene rings is 3. The first kappa shape index (κ1) is 25.1. The zero-order valence-electron chi connectivity index (χ0n) is 21.8. The van der Waals surface area contributed by atoms with E-state index in [0.29, 0.717) is 29.2 Å². The molecule has 3 aromatic rings. The Morgan fingerprint density at radius 3 is 2.22 bits per heavy atom. The lowest BCUT2D eigenvalue weighted by molar-refractivity contribution is 0.0514. The van der Waals surface area contributed by atoms with Crippen LogP contribution in [0.1, 0.15) is 97.1 Å². The number of carbonyl (C=O) groups is 2. The molecule has 0 spiro atoms. The molecular formula is C33H35NO3. The highest BCUT2D eigenvalue weighted by Gasteiger charge is 2.40. The van der Waals surface area contributed by atoms with E-state index >= 15 is 0 Å². The van der Waals surface area contributed by atoms with Gasteiger partial charge < -0.3 is 4.84 Å². The Bertz CT molecular complexity index is 1310. The van der Waals surface area contributed by atoms with Crippen molar-refractivity contribution < 1.29 is 14.4 Å². The van der Waals surface area contributed by atoms with Crippen molar-refractivity contribution in [3.05, 3.63) is 95.1 Å². The Morgan fingerprint density at radius 2 is 1.49 bits per heavy atom. The van der Waals surface area contributed by atoms with Crippen molar-refractivity contribution in [2.45, 2.75) is 70.6 Å². The smallest absolute Gasteiger partial charge is 0.312 e. The summed E-state index contributed by atoms with van der Waals surface area (Å²) in [5, 5.41) is 4.20. The largest absolute Gasteiger partial charge is 0.365 e. The number of oxime groups is 1. The van der Waals surface area contributed by atoms with E-state index < -0.39 is 5.97 Å². The summed E-state index contributed by atoms with van der Waals surface area (Å²) in [5.74, 6) is -0.308. The van der Waals surface area contributed by atoms with Crippen LogP contribution in [0.3, 0.4) is 0 Å². The number of ketones is 1. The Morgan fingerprint density at radius 1 is 0.811 bits per heavy atom. The summed E-state index contributed by atoms with van der Waals surface area (Å²) in [6.45, 7) is 4.45. The second kappa shape index (κ2) is 10.8. The van der Waals surface area contributed by atoms with Crippen LogP contribution in [-0.4, -0.2) is 17.5 Å². The lowest BCUT2D eigenvalue weighted by Crippen LogP contribution is -2.24. The van der Waals surface area contributed by atoms with E-state index in [2.05, 4.69) is 55.4 Å². The van der Waals surface area contributed by atoms with Gasteiger partial charge in [0.05, 0.1) is 5.56 Å². The van der Waals surface area contributed by atoms with Gasteiger partial charge in [0.2, 0.25) is 5.78 Å². The van der Waals surface area contributed by atoms with Crippen LogP contribution in [0.15, 0.2) is 78.0 Å². The van der Waals surface area contributed by atoms with Crippen LogP contribution in [0, 0.1) is 5.92 Å². The van der Waals surface area contributed by atoms with Crippen LogP contribution in [0.25, 0.3) is 11.1 Å². The van der Waals surface area contributed by atoms with E-state index in [4.69, 9.17) is 4.84 Å². The van der Waals surface area contributed by atoms with Gasteiger partial charge in [-0.1, -0.05) is 106 Å². The molecule has 3 aromatic carbocycles. The predicted molar refractivity (Wildman–Crippen MR) is 148 cm³/mol. The zero-order valence-corrected chi connectivity index (χ0v) is 21.8. The first-order valence-corrected chi connectivity index (χ1v) is 13.7. The summed E-state index contributed by atoms with van der Waals surface area (Å²) in [4.78, 5) is 31.8. The van der Waals surface area contributed by atoms with Gasteiger partial charge in [-0.3, -0.25) is 4.79 Å². The minimum atomic E-state index is -0.546. The number of Topliss-reactive ketones (excluding diaryl/α,β-unsaturated/α-hetero) is 1. The maximum Gasteiger partial charge on any atom is 0.365 e. The summed E-state index contributed by atoms with van der Waals surface area (Å²) in [6.07, 6.45) is 8.18. The first-order chi connectivity index (χ1) is 18.1. The van der Waals surface area contributed by atoms with Crippen LogP contribution >= 0.6 is 0 Å². The third-order valence-corrected chi connectivity index (χ3v) is 8.45. The normalized spacial score (nSPS) is 16.6. The minimum Gasteiger partial charge on any atom is -0.312 e. The average molecular weight is 494 g/mol. The highest BCUT2D eigenvalue weighted by Crippen LogP contribution is 2.52. The summed E-state index contributed by atoms with van der Waals surface area (Å²) >= 11 is 0. The maximum atomic E-state index is 13.9. The number of carbonyl (C=O) groups excluding carboxylic acids is 2. The molecule has 37 heavy (non-hydrogen) atoms. The van der Waals surface area contributed by atoms with E-state index in [1.54, 1.807) is 24.3 Å². The van der Waals surface area contributed by atoms with Crippen LogP contribution < -0.4 is 0 Å². The Hall–Kier alpha value is -3.53. The second-order valence-electron chi connectivity index (χ2n) is 10.4. The van der Waals surface area contributed by atoms with E-state index in [1.165, 1.54) is 41.5 Å². The number of nitrogens with zero attached hydrogens (tertiary/aromatic N) is 1. The number of fused-ring (bicyclic) bond motifs is 3. The molecule has 0 bridgehead atoms. The molecule has 0 N–H and O–H groups in total. The molecule has 190 valence electrons. The molecule has 0 heterocycles. The van der Waals surface area contributed by atoms with Gasteiger partial charge in [-0.15, -0.1) is 0 Å². The standard InChI is InChI=1S/C33H35NO3/c1-3-33(4-2)28-18-12-11-17-26(28)27-20-19-25(22-29(27)33)31(35)30(21-23-13-7-5-8-14-23)34-37-32(36)24-15-9-6-10-16-24/h6,9-12,15-20,22-23H,3-5,7-8,13-14,21H2,1-2H3/b34-30+. The molecule has 0 aromatic heterocycles. The average Bonchev–Trinajstić information content (AvgIpc) is 3.25. The molecule has 5 rings (SSSR count). The fraction of sp³-hybridized carbons (Fsp3) is 0.364. The molecule has 0 amide bonds. The van der Waals surface area contributed by atoms with Gasteiger partial charge in [0.25, 0.3) is 0 Å². The SMILES string of the molecule is CCC1(CC)c2ccccc2-c2ccc(C(=O)/C(CC3CCCCC3)=N/OC(=O)c3ccccc3)cc21. The molecule has 0 saturated heterocycles. The lowest BCUT2D eigenvalue weighted by Gasteiger charge is -2.29. The van der Waals surface area contributed by atoms with Gasteiger partial charge in [-0.05, 0) is 65.6 Å². The van der Waals surface area contributed by atoms with Crippen molar-refractivity contribution in [3.8, 4) is 11.1 Å². The van der Waals surface area contributed by atoms with Gasteiger partial charge in [0.1, 0.15) is 5.71 Å². The van der Waals surface area contributed by atoms with Gasteiger partial charge in [0, 0.05) is 11.0 Å². The molecule has 1 saturated carbocycles. The second-order valence-corrected chi connectivity index (χ2v) is 10.4. The highest BCUT2D eigenvalue weighted by molar-refractivity contribution is 6.46. The van der Waals surface area contributed by atoms with Crippen molar-refractivity contribution in [1.82, 2.24) is 0 Å². The summed E-state index contributed by atoms with van der Waals surface area (Å²) in [5.41, 5.74) is 6.28. The van der Waals surface area contributed by atoms with Gasteiger partial charge in [0.15, 0.2) is 0 Å². The van der Waals surface area contributed by atoms with Crippen molar-refractivity contribution in [1.29, 1.82) is 0 Å². The molecule has 2 aliphatic carbocycles. The molecule has 4 nitrogen and oxygen atoms in total. The quantitative estimate of drug-likeness (QED) is 0.138. The Kier molecular flexibility index (Phi) is 7.36. The van der Waals surface area contributed by atoms with Crippen molar-refractivity contribution in [3.63, 3.8) is 0 Å². The van der Waals surface area contributed by atoms with Gasteiger partial charge in [-0.2, -0.15) is 0 Å². The molecule has 0 radical (unpaired) electrons. The monoisotopic (exact) mass is 493 g/mol. The van der Waals surface area contributed by atoms with Crippen LogP contribution in [0.5, 0.6) is 0 Å². The summed E-state index contributed by atoms with van der Waals surface area (Å²) < 4.78 is 0. The maximum absolute atomic E-state index is 13.9. The van der Waals surface area contributed by atoms with Gasteiger partial charge >= 0.3 is 5.97 Å². The fourth-order valence-corrected chi connectivity index (χ4v) is 6.33. The van der Waals surface area contributed by atoms with Crippen molar-refractivity contribution >= 4 is 17.5 Å². The molecule has 1 fully saturated rings. The molecule has 0 aliphatic heterocycles. The topological polar surface area (TPSA) is 55.7 Å². The van der Waals surface area contributed by atoms with Crippen molar-refractivity contribution in [2.24, 2.45) is 11.1 Å². The number of hydrogen-bond acceptors (Lipinski definition) is 4. The summed E-state index contributed by atoms with van der Waals surface area (Å²) in [7, 11) is 0. The minimum absolute atomic E-state index is 0.108. The molecule has 4 heteroatoms.